The summed E-state index contributed by atoms with van der Waals surface area (Å²) in [6.45, 7) is 9.30. The fraction of sp³-hybridized carbons (Fsp3) is 1.00. The molecule has 1 atom stereocenters. The molecule has 0 aliphatic heterocycles. The van der Waals surface area contributed by atoms with Gasteiger partial charge in [-0.15, -0.1) is 0 Å². The Morgan fingerprint density at radius 1 is 0.846 bits per heavy atom. The topological polar surface area (TPSA) is 0 Å². The Morgan fingerprint density at radius 3 is 2.00 bits per heavy atom. The lowest BCUT2D eigenvalue weighted by atomic mass is 9.91. The van der Waals surface area contributed by atoms with E-state index in [1.807, 2.05) is 0 Å². The van der Waals surface area contributed by atoms with Gasteiger partial charge in [0.2, 0.25) is 0 Å². The highest BCUT2D eigenvalue weighted by Gasteiger charge is 2.06. The van der Waals surface area contributed by atoms with E-state index in [1.165, 1.54) is 44.9 Å². The van der Waals surface area contributed by atoms with E-state index in [-0.39, 0.29) is 0 Å². The Hall–Kier alpha value is 0. The lowest BCUT2D eigenvalue weighted by Gasteiger charge is -2.15. The monoisotopic (exact) mass is 184 g/mol. The Labute approximate surface area is 85.1 Å². The molecule has 0 heteroatoms. The number of hydrogen-bond donors (Lipinski definition) is 0. The average Bonchev–Trinajstić information content (AvgIpc) is 2.10. The molecule has 0 N–H and O–H groups in total. The second kappa shape index (κ2) is 8.59. The molecule has 0 aromatic rings. The zero-order valence-electron chi connectivity index (χ0n) is 10.1. The molecule has 0 fully saturated rings. The van der Waals surface area contributed by atoms with Crippen LogP contribution in [0, 0.1) is 11.8 Å². The summed E-state index contributed by atoms with van der Waals surface area (Å²) >= 11 is 0. The van der Waals surface area contributed by atoms with Gasteiger partial charge < -0.3 is 0 Å². The molecule has 0 heterocycles. The van der Waals surface area contributed by atoms with Crippen molar-refractivity contribution in [2.45, 2.75) is 72.6 Å². The van der Waals surface area contributed by atoms with Crippen LogP contribution in [0.3, 0.4) is 0 Å². The first-order valence-corrected chi connectivity index (χ1v) is 6.20. The summed E-state index contributed by atoms with van der Waals surface area (Å²) in [4.78, 5) is 0. The van der Waals surface area contributed by atoms with Crippen LogP contribution in [0.4, 0.5) is 0 Å². The van der Waals surface area contributed by atoms with E-state index in [0.717, 1.165) is 11.8 Å². The van der Waals surface area contributed by atoms with Crippen molar-refractivity contribution in [1.29, 1.82) is 0 Å². The van der Waals surface area contributed by atoms with Crippen LogP contribution in [-0.2, 0) is 0 Å². The maximum absolute atomic E-state index is 2.34. The van der Waals surface area contributed by atoms with Gasteiger partial charge in [-0.05, 0) is 11.8 Å². The fourth-order valence-corrected chi connectivity index (χ4v) is 1.80. The molecule has 0 aromatic heterocycles. The summed E-state index contributed by atoms with van der Waals surface area (Å²) in [5.74, 6) is 1.90. The summed E-state index contributed by atoms with van der Waals surface area (Å²) in [6.07, 6.45) is 9.97. The zero-order chi connectivity index (χ0) is 10.1. The second-order valence-corrected chi connectivity index (χ2v) is 4.74. The summed E-state index contributed by atoms with van der Waals surface area (Å²) in [6, 6.07) is 0. The molecule has 80 valence electrons. The van der Waals surface area contributed by atoms with E-state index >= 15 is 0 Å². The molecule has 0 bridgehead atoms. The van der Waals surface area contributed by atoms with E-state index in [9.17, 15) is 0 Å². The van der Waals surface area contributed by atoms with E-state index < -0.39 is 0 Å². The van der Waals surface area contributed by atoms with Crippen molar-refractivity contribution in [2.75, 3.05) is 0 Å². The average molecular weight is 184 g/mol. The summed E-state index contributed by atoms with van der Waals surface area (Å²) in [5, 5.41) is 0. The minimum Gasteiger partial charge on any atom is -0.0654 e. The van der Waals surface area contributed by atoms with Gasteiger partial charge in [-0.25, -0.2) is 0 Å². The predicted octanol–water partition coefficient (Wildman–Crippen LogP) is 5.03. The van der Waals surface area contributed by atoms with Gasteiger partial charge in [0.15, 0.2) is 0 Å². The van der Waals surface area contributed by atoms with Gasteiger partial charge in [-0.2, -0.15) is 0 Å². The van der Waals surface area contributed by atoms with Crippen LogP contribution >= 0.6 is 0 Å². The van der Waals surface area contributed by atoms with E-state index in [0.29, 0.717) is 0 Å². The largest absolute Gasteiger partial charge is 0.0654 e. The van der Waals surface area contributed by atoms with Crippen molar-refractivity contribution >= 4 is 0 Å². The van der Waals surface area contributed by atoms with E-state index in [2.05, 4.69) is 27.7 Å². The smallest absolute Gasteiger partial charge is 0.0417 e. The molecule has 0 rings (SSSR count). The third-order valence-electron chi connectivity index (χ3n) is 2.95. The van der Waals surface area contributed by atoms with Gasteiger partial charge in [-0.1, -0.05) is 72.6 Å². The molecule has 0 radical (unpaired) electrons. The highest BCUT2D eigenvalue weighted by molar-refractivity contribution is 4.59. The summed E-state index contributed by atoms with van der Waals surface area (Å²) in [5.41, 5.74) is 0. The summed E-state index contributed by atoms with van der Waals surface area (Å²) < 4.78 is 0. The Morgan fingerprint density at radius 2 is 1.54 bits per heavy atom. The Kier molecular flexibility index (Phi) is 8.59. The van der Waals surface area contributed by atoms with Crippen LogP contribution in [0.5, 0.6) is 0 Å². The minimum absolute atomic E-state index is 0.889. The molecule has 0 aliphatic carbocycles. The Balaban J connectivity index is 3.39. The van der Waals surface area contributed by atoms with E-state index in [4.69, 9.17) is 0 Å². The molecule has 0 aliphatic rings. The van der Waals surface area contributed by atoms with Crippen molar-refractivity contribution in [3.63, 3.8) is 0 Å². The lowest BCUT2D eigenvalue weighted by molar-refractivity contribution is 0.378. The van der Waals surface area contributed by atoms with Gasteiger partial charge in [0.05, 0.1) is 0 Å². The van der Waals surface area contributed by atoms with Gasteiger partial charge in [0.1, 0.15) is 0 Å². The standard InChI is InChI=1S/C13H28/c1-5-7-8-9-13(6-2)11-10-12(3)4/h12-13H,5-11H2,1-4H3. The predicted molar refractivity (Wildman–Crippen MR) is 62.0 cm³/mol. The van der Waals surface area contributed by atoms with Crippen molar-refractivity contribution in [2.24, 2.45) is 11.8 Å². The van der Waals surface area contributed by atoms with Crippen LogP contribution in [0.25, 0.3) is 0 Å². The molecule has 0 saturated heterocycles. The van der Waals surface area contributed by atoms with Crippen molar-refractivity contribution in [3.05, 3.63) is 0 Å². The SMILES string of the molecule is CCCCCC(CC)CCC(C)C. The molecular formula is C13H28. The number of hydrogen-bond acceptors (Lipinski definition) is 0. The third kappa shape index (κ3) is 8.33. The van der Waals surface area contributed by atoms with Crippen LogP contribution in [0.15, 0.2) is 0 Å². The first-order chi connectivity index (χ1) is 6.20. The van der Waals surface area contributed by atoms with Crippen LogP contribution in [0.1, 0.15) is 72.6 Å². The zero-order valence-corrected chi connectivity index (χ0v) is 10.1. The van der Waals surface area contributed by atoms with Crippen LogP contribution in [0.2, 0.25) is 0 Å². The number of rotatable bonds is 8. The van der Waals surface area contributed by atoms with Gasteiger partial charge in [0.25, 0.3) is 0 Å². The molecule has 0 aromatic carbocycles. The Bertz CT molecular complexity index is 94.2. The fourth-order valence-electron chi connectivity index (χ4n) is 1.80. The first-order valence-electron chi connectivity index (χ1n) is 6.20. The van der Waals surface area contributed by atoms with Crippen molar-refractivity contribution < 1.29 is 0 Å². The quantitative estimate of drug-likeness (QED) is 0.464. The lowest BCUT2D eigenvalue weighted by Crippen LogP contribution is -2.01. The molecule has 0 amide bonds. The molecule has 0 nitrogen and oxygen atoms in total. The van der Waals surface area contributed by atoms with Crippen LogP contribution in [-0.4, -0.2) is 0 Å². The minimum atomic E-state index is 0.889. The second-order valence-electron chi connectivity index (χ2n) is 4.74. The number of unbranched alkanes of at least 4 members (excludes halogenated alkanes) is 2. The molecule has 13 heavy (non-hydrogen) atoms. The summed E-state index contributed by atoms with van der Waals surface area (Å²) in [7, 11) is 0. The van der Waals surface area contributed by atoms with Crippen molar-refractivity contribution in [3.8, 4) is 0 Å². The molecule has 0 saturated carbocycles. The van der Waals surface area contributed by atoms with Gasteiger partial charge in [-0.3, -0.25) is 0 Å². The molecule has 0 spiro atoms. The van der Waals surface area contributed by atoms with E-state index in [1.54, 1.807) is 0 Å². The maximum Gasteiger partial charge on any atom is -0.0417 e. The van der Waals surface area contributed by atoms with Crippen LogP contribution < -0.4 is 0 Å². The highest BCUT2D eigenvalue weighted by Crippen LogP contribution is 2.21. The molecule has 1 unspecified atom stereocenters. The molecular weight excluding hydrogens is 156 g/mol. The van der Waals surface area contributed by atoms with Gasteiger partial charge >= 0.3 is 0 Å². The maximum atomic E-state index is 2.34. The normalized spacial score (nSPS) is 13.6. The van der Waals surface area contributed by atoms with Crippen molar-refractivity contribution in [1.82, 2.24) is 0 Å². The first kappa shape index (κ1) is 13.0. The third-order valence-corrected chi connectivity index (χ3v) is 2.95. The highest BCUT2D eigenvalue weighted by atomic mass is 14.1. The van der Waals surface area contributed by atoms with Gasteiger partial charge in [0, 0.05) is 0 Å².